The SMILES string of the molecule is CC(C)(C)OC(=O)NCc1ccc(NC[C@@](O)(c2cc(Cl)cc(Cl)c2)C(F)(F)F)cc1C(F)(F)F. The van der Waals surface area contributed by atoms with Crippen LogP contribution in [0.4, 0.5) is 36.8 Å². The number of anilines is 1. The number of nitrogens with one attached hydrogen (secondary N) is 2. The molecule has 0 aliphatic rings. The van der Waals surface area contributed by atoms with Gasteiger partial charge in [-0.05, 0) is 62.2 Å². The molecule has 2 aromatic carbocycles. The van der Waals surface area contributed by atoms with Crippen molar-refractivity contribution in [1.82, 2.24) is 5.32 Å². The Morgan fingerprint density at radius 3 is 2.03 bits per heavy atom. The van der Waals surface area contributed by atoms with Crippen LogP contribution in [0.2, 0.25) is 10.0 Å². The van der Waals surface area contributed by atoms with E-state index in [9.17, 15) is 36.2 Å². The predicted molar refractivity (Wildman–Crippen MR) is 119 cm³/mol. The van der Waals surface area contributed by atoms with Gasteiger partial charge in [0.2, 0.25) is 5.60 Å². The van der Waals surface area contributed by atoms with Gasteiger partial charge in [0, 0.05) is 22.3 Å². The summed E-state index contributed by atoms with van der Waals surface area (Å²) in [7, 11) is 0. The summed E-state index contributed by atoms with van der Waals surface area (Å²) in [6.45, 7) is 2.95. The predicted octanol–water partition coefficient (Wildman–Crippen LogP) is 6.90. The van der Waals surface area contributed by atoms with Crippen molar-refractivity contribution < 1.29 is 41.0 Å². The molecule has 0 spiro atoms. The number of amides is 1. The number of alkyl halides is 6. The lowest BCUT2D eigenvalue weighted by molar-refractivity contribution is -0.260. The average molecular weight is 547 g/mol. The molecule has 1 amide bonds. The molecule has 194 valence electrons. The first-order valence-electron chi connectivity index (χ1n) is 9.98. The second-order valence-corrected chi connectivity index (χ2v) is 9.47. The van der Waals surface area contributed by atoms with E-state index >= 15 is 0 Å². The lowest BCUT2D eigenvalue weighted by Crippen LogP contribution is -2.47. The van der Waals surface area contributed by atoms with Crippen molar-refractivity contribution in [3.63, 3.8) is 0 Å². The lowest BCUT2D eigenvalue weighted by atomic mass is 9.92. The number of hydrogen-bond donors (Lipinski definition) is 3. The summed E-state index contributed by atoms with van der Waals surface area (Å²) >= 11 is 11.5. The zero-order chi connectivity index (χ0) is 26.8. The largest absolute Gasteiger partial charge is 0.444 e. The second kappa shape index (κ2) is 10.3. The standard InChI is InChI=1S/C22H22Cl2F6N2O3/c1-19(2,3)35-18(33)31-10-12-4-5-16(9-17(12)21(25,26)27)32-11-20(34,22(28,29)30)13-6-14(23)8-15(24)7-13/h4-9,32,34H,10-11H2,1-3H3,(H,31,33)/t20-/m1/s1. The molecular formula is C22H22Cl2F6N2O3. The number of carbonyl (C=O) groups excluding carboxylic acids is 1. The number of halogens is 8. The molecule has 0 unspecified atom stereocenters. The van der Waals surface area contributed by atoms with Gasteiger partial charge in [-0.1, -0.05) is 29.3 Å². The molecule has 0 radical (unpaired) electrons. The highest BCUT2D eigenvalue weighted by Crippen LogP contribution is 2.41. The first-order valence-corrected chi connectivity index (χ1v) is 10.7. The molecule has 0 saturated carbocycles. The second-order valence-electron chi connectivity index (χ2n) is 8.59. The number of aliphatic hydroxyl groups is 1. The molecule has 0 bridgehead atoms. The third kappa shape index (κ3) is 7.81. The summed E-state index contributed by atoms with van der Waals surface area (Å²) in [4.78, 5) is 11.8. The van der Waals surface area contributed by atoms with Crippen LogP contribution in [-0.4, -0.2) is 29.5 Å². The van der Waals surface area contributed by atoms with Gasteiger partial charge in [0.05, 0.1) is 12.1 Å². The van der Waals surface area contributed by atoms with Crippen LogP contribution in [0.15, 0.2) is 36.4 Å². The fourth-order valence-corrected chi connectivity index (χ4v) is 3.50. The number of ether oxygens (including phenoxy) is 1. The van der Waals surface area contributed by atoms with E-state index in [1.165, 1.54) is 0 Å². The molecule has 0 saturated heterocycles. The Bertz CT molecular complexity index is 1050. The fraction of sp³-hybridized carbons (Fsp3) is 0.409. The van der Waals surface area contributed by atoms with Gasteiger partial charge in [-0.3, -0.25) is 0 Å². The monoisotopic (exact) mass is 546 g/mol. The van der Waals surface area contributed by atoms with Crippen molar-refractivity contribution in [3.05, 3.63) is 63.1 Å². The Kier molecular flexibility index (Phi) is 8.51. The fourth-order valence-electron chi connectivity index (χ4n) is 2.97. The number of carbonyl (C=O) groups is 1. The minimum Gasteiger partial charge on any atom is -0.444 e. The van der Waals surface area contributed by atoms with Crippen molar-refractivity contribution in [1.29, 1.82) is 0 Å². The summed E-state index contributed by atoms with van der Waals surface area (Å²) in [5.41, 5.74) is -6.97. The maximum absolute atomic E-state index is 13.8. The molecule has 1 atom stereocenters. The minimum atomic E-state index is -5.22. The highest BCUT2D eigenvalue weighted by Gasteiger charge is 2.55. The van der Waals surface area contributed by atoms with Gasteiger partial charge < -0.3 is 20.5 Å². The molecule has 0 aliphatic carbocycles. The molecule has 0 fully saturated rings. The van der Waals surface area contributed by atoms with Gasteiger partial charge in [-0.15, -0.1) is 0 Å². The van der Waals surface area contributed by atoms with Crippen LogP contribution in [0, 0.1) is 0 Å². The molecule has 0 heterocycles. The molecular weight excluding hydrogens is 525 g/mol. The summed E-state index contributed by atoms with van der Waals surface area (Å²) in [6.07, 6.45) is -11.1. The normalized spacial score (nSPS) is 14.3. The van der Waals surface area contributed by atoms with E-state index in [1.54, 1.807) is 20.8 Å². The van der Waals surface area contributed by atoms with Crippen LogP contribution in [0.25, 0.3) is 0 Å². The number of hydrogen-bond acceptors (Lipinski definition) is 4. The van der Waals surface area contributed by atoms with Crippen molar-refractivity contribution in [2.45, 2.75) is 50.9 Å². The number of benzene rings is 2. The van der Waals surface area contributed by atoms with Gasteiger partial charge >= 0.3 is 18.4 Å². The van der Waals surface area contributed by atoms with Gasteiger partial charge in [-0.25, -0.2) is 4.79 Å². The summed E-state index contributed by atoms with van der Waals surface area (Å²) in [5.74, 6) is 0. The van der Waals surface area contributed by atoms with Crippen molar-refractivity contribution in [2.24, 2.45) is 0 Å². The number of rotatable bonds is 6. The Morgan fingerprint density at radius 1 is 0.971 bits per heavy atom. The van der Waals surface area contributed by atoms with Gasteiger partial charge in [0.1, 0.15) is 5.60 Å². The first-order chi connectivity index (χ1) is 15.8. The third-order valence-electron chi connectivity index (χ3n) is 4.59. The summed E-state index contributed by atoms with van der Waals surface area (Å²) < 4.78 is 87.1. The highest BCUT2D eigenvalue weighted by atomic mass is 35.5. The van der Waals surface area contributed by atoms with E-state index in [2.05, 4.69) is 10.6 Å². The van der Waals surface area contributed by atoms with Gasteiger partial charge in [0.15, 0.2) is 0 Å². The molecule has 3 N–H and O–H groups in total. The van der Waals surface area contributed by atoms with E-state index in [4.69, 9.17) is 27.9 Å². The van der Waals surface area contributed by atoms with Crippen LogP contribution in [-0.2, 0) is 23.1 Å². The average Bonchev–Trinajstić information content (AvgIpc) is 2.67. The van der Waals surface area contributed by atoms with Gasteiger partial charge in [-0.2, -0.15) is 26.3 Å². The Hall–Kier alpha value is -2.37. The molecule has 0 aliphatic heterocycles. The van der Waals surface area contributed by atoms with Crippen LogP contribution in [0.3, 0.4) is 0 Å². The number of alkyl carbamates (subject to hydrolysis) is 1. The minimum absolute atomic E-state index is 0.170. The van der Waals surface area contributed by atoms with E-state index in [1.807, 2.05) is 0 Å². The van der Waals surface area contributed by atoms with Crippen molar-refractivity contribution >= 4 is 35.0 Å². The Morgan fingerprint density at radius 2 is 1.54 bits per heavy atom. The van der Waals surface area contributed by atoms with Crippen molar-refractivity contribution in [2.75, 3.05) is 11.9 Å². The molecule has 5 nitrogen and oxygen atoms in total. The lowest BCUT2D eigenvalue weighted by Gasteiger charge is -2.32. The first kappa shape index (κ1) is 28.9. The highest BCUT2D eigenvalue weighted by molar-refractivity contribution is 6.34. The topological polar surface area (TPSA) is 70.6 Å². The molecule has 0 aromatic heterocycles. The summed E-state index contributed by atoms with van der Waals surface area (Å²) in [5, 5.41) is 14.5. The van der Waals surface area contributed by atoms with E-state index in [0.29, 0.717) is 6.07 Å². The third-order valence-corrected chi connectivity index (χ3v) is 5.03. The van der Waals surface area contributed by atoms with Crippen LogP contribution < -0.4 is 10.6 Å². The quantitative estimate of drug-likeness (QED) is 0.345. The molecule has 13 heteroatoms. The Balaban J connectivity index is 2.31. The van der Waals surface area contributed by atoms with Crippen LogP contribution in [0.5, 0.6) is 0 Å². The smallest absolute Gasteiger partial charge is 0.423 e. The zero-order valence-electron chi connectivity index (χ0n) is 18.7. The van der Waals surface area contributed by atoms with E-state index < -0.39 is 53.9 Å². The van der Waals surface area contributed by atoms with Crippen LogP contribution >= 0.6 is 23.2 Å². The van der Waals surface area contributed by atoms with E-state index in [0.717, 1.165) is 30.3 Å². The van der Waals surface area contributed by atoms with E-state index in [-0.39, 0.29) is 21.3 Å². The summed E-state index contributed by atoms with van der Waals surface area (Å²) in [6, 6.07) is 5.53. The van der Waals surface area contributed by atoms with Gasteiger partial charge in [0.25, 0.3) is 0 Å². The molecule has 2 rings (SSSR count). The Labute approximate surface area is 207 Å². The van der Waals surface area contributed by atoms with Crippen LogP contribution in [0.1, 0.15) is 37.5 Å². The molecule has 2 aromatic rings. The maximum Gasteiger partial charge on any atom is 0.423 e. The zero-order valence-corrected chi connectivity index (χ0v) is 20.2. The maximum atomic E-state index is 13.8. The molecule has 35 heavy (non-hydrogen) atoms. The van der Waals surface area contributed by atoms with Crippen molar-refractivity contribution in [3.8, 4) is 0 Å².